The molecule has 1 N–H and O–H groups in total. The van der Waals surface area contributed by atoms with Gasteiger partial charge in [0.15, 0.2) is 11.5 Å². The van der Waals surface area contributed by atoms with Crippen LogP contribution in [-0.2, 0) is 9.59 Å². The first-order valence-corrected chi connectivity index (χ1v) is 11.9. The zero-order valence-corrected chi connectivity index (χ0v) is 22.3. The van der Waals surface area contributed by atoms with Crippen LogP contribution in [0.15, 0.2) is 35.9 Å². The Morgan fingerprint density at radius 2 is 1.72 bits per heavy atom. The normalized spacial score (nSPS) is 17.3. The summed E-state index contributed by atoms with van der Waals surface area (Å²) < 4.78 is 16.7. The van der Waals surface area contributed by atoms with Crippen LogP contribution in [-0.4, -0.2) is 75.1 Å². The summed E-state index contributed by atoms with van der Waals surface area (Å²) in [7, 11) is 8.43. The van der Waals surface area contributed by atoms with Gasteiger partial charge in [0.1, 0.15) is 11.5 Å². The number of nitrogens with zero attached hydrogens (tertiary/aromatic N) is 2. The van der Waals surface area contributed by atoms with Crippen molar-refractivity contribution in [3.63, 3.8) is 0 Å². The number of likely N-dealkylation sites (tertiary alicyclic amines) is 1. The Morgan fingerprint density at radius 1 is 1.06 bits per heavy atom. The number of aryl methyl sites for hydroxylation is 1. The Morgan fingerprint density at radius 3 is 2.28 bits per heavy atom. The maximum absolute atomic E-state index is 13.4. The van der Waals surface area contributed by atoms with Crippen LogP contribution in [0.1, 0.15) is 48.1 Å². The molecule has 8 nitrogen and oxygen atoms in total. The number of amides is 1. The molecule has 1 heterocycles. The van der Waals surface area contributed by atoms with Gasteiger partial charge in [0.05, 0.1) is 32.9 Å². The largest absolute Gasteiger partial charge is 0.507 e. The van der Waals surface area contributed by atoms with Gasteiger partial charge in [-0.1, -0.05) is 26.0 Å². The molecule has 0 spiro atoms. The fraction of sp³-hybridized carbons (Fsp3) is 0.429. The first-order chi connectivity index (χ1) is 17.1. The summed E-state index contributed by atoms with van der Waals surface area (Å²) in [6, 6.07) is 8.14. The van der Waals surface area contributed by atoms with Crippen LogP contribution in [0.2, 0.25) is 0 Å². The van der Waals surface area contributed by atoms with Gasteiger partial charge in [0, 0.05) is 24.2 Å². The minimum absolute atomic E-state index is 0.0216. The molecule has 0 aliphatic carbocycles. The molecular formula is C28H36N2O6. The second-order valence-corrected chi connectivity index (χ2v) is 9.44. The molecule has 1 aliphatic rings. The molecule has 194 valence electrons. The summed E-state index contributed by atoms with van der Waals surface area (Å²) in [5, 5.41) is 11.6. The molecule has 1 saturated heterocycles. The number of carbonyl (C=O) groups is 2. The molecule has 0 saturated carbocycles. The molecule has 2 aromatic rings. The average molecular weight is 497 g/mol. The summed E-state index contributed by atoms with van der Waals surface area (Å²) in [4.78, 5) is 30.2. The minimum atomic E-state index is -0.848. The van der Waals surface area contributed by atoms with Crippen molar-refractivity contribution in [2.24, 2.45) is 0 Å². The smallest absolute Gasteiger partial charge is 0.295 e. The SMILES string of the molecule is COc1cc(C)c(/C(O)=C2\C(=O)C(=O)N(CCN(C)C)C2c2cccc(OC)c2OC)cc1C(C)C. The Balaban J connectivity index is 2.32. The lowest BCUT2D eigenvalue weighted by Gasteiger charge is -2.28. The summed E-state index contributed by atoms with van der Waals surface area (Å²) in [6.07, 6.45) is 0. The van der Waals surface area contributed by atoms with Gasteiger partial charge in [-0.25, -0.2) is 0 Å². The van der Waals surface area contributed by atoms with E-state index in [0.717, 1.165) is 11.1 Å². The van der Waals surface area contributed by atoms with Crippen molar-refractivity contribution in [2.75, 3.05) is 48.5 Å². The molecular weight excluding hydrogens is 460 g/mol. The van der Waals surface area contributed by atoms with Crippen LogP contribution in [0.4, 0.5) is 0 Å². The van der Waals surface area contributed by atoms with E-state index in [2.05, 4.69) is 0 Å². The quantitative estimate of drug-likeness (QED) is 0.317. The molecule has 1 atom stereocenters. The molecule has 1 amide bonds. The third-order valence-electron chi connectivity index (χ3n) is 6.51. The lowest BCUT2D eigenvalue weighted by Crippen LogP contribution is -2.35. The third kappa shape index (κ3) is 4.91. The monoisotopic (exact) mass is 496 g/mol. The van der Waals surface area contributed by atoms with E-state index in [1.165, 1.54) is 19.1 Å². The highest BCUT2D eigenvalue weighted by molar-refractivity contribution is 6.46. The Bertz CT molecular complexity index is 1180. The maximum Gasteiger partial charge on any atom is 0.295 e. The second-order valence-electron chi connectivity index (χ2n) is 9.44. The van der Waals surface area contributed by atoms with Gasteiger partial charge >= 0.3 is 0 Å². The lowest BCUT2D eigenvalue weighted by molar-refractivity contribution is -0.140. The number of aliphatic hydroxyl groups excluding tert-OH is 1. The minimum Gasteiger partial charge on any atom is -0.507 e. The Hall–Kier alpha value is -3.52. The summed E-state index contributed by atoms with van der Waals surface area (Å²) in [5.41, 5.74) is 2.68. The molecule has 3 rings (SSSR count). The second kappa shape index (κ2) is 11.0. The van der Waals surface area contributed by atoms with Crippen LogP contribution < -0.4 is 14.2 Å². The maximum atomic E-state index is 13.4. The summed E-state index contributed by atoms with van der Waals surface area (Å²) in [5.74, 6) is 0.0712. The zero-order chi connectivity index (χ0) is 26.7. The highest BCUT2D eigenvalue weighted by Gasteiger charge is 2.47. The van der Waals surface area contributed by atoms with E-state index in [0.29, 0.717) is 34.9 Å². The van der Waals surface area contributed by atoms with Gasteiger partial charge < -0.3 is 29.1 Å². The topological polar surface area (TPSA) is 88.5 Å². The Labute approximate surface area is 213 Å². The van der Waals surface area contributed by atoms with E-state index in [-0.39, 0.29) is 23.8 Å². The highest BCUT2D eigenvalue weighted by atomic mass is 16.5. The highest BCUT2D eigenvalue weighted by Crippen LogP contribution is 2.46. The van der Waals surface area contributed by atoms with E-state index in [1.807, 2.05) is 51.9 Å². The van der Waals surface area contributed by atoms with E-state index < -0.39 is 17.7 Å². The van der Waals surface area contributed by atoms with Gasteiger partial charge in [-0.2, -0.15) is 0 Å². The average Bonchev–Trinajstić information content (AvgIpc) is 3.10. The van der Waals surface area contributed by atoms with Gasteiger partial charge in [-0.15, -0.1) is 0 Å². The lowest BCUT2D eigenvalue weighted by atomic mass is 9.90. The number of ketones is 1. The van der Waals surface area contributed by atoms with Crippen LogP contribution in [0, 0.1) is 6.92 Å². The van der Waals surface area contributed by atoms with E-state index in [9.17, 15) is 14.7 Å². The molecule has 2 aromatic carbocycles. The van der Waals surface area contributed by atoms with Crippen molar-refractivity contribution in [3.8, 4) is 17.2 Å². The molecule has 8 heteroatoms. The molecule has 0 aromatic heterocycles. The zero-order valence-electron chi connectivity index (χ0n) is 22.3. The number of benzene rings is 2. The van der Waals surface area contributed by atoms with Crippen molar-refractivity contribution in [2.45, 2.75) is 32.7 Å². The Kier molecular flexibility index (Phi) is 8.30. The van der Waals surface area contributed by atoms with Gasteiger partial charge in [0.25, 0.3) is 11.7 Å². The number of hydrogen-bond acceptors (Lipinski definition) is 7. The number of methoxy groups -OCH3 is 3. The van der Waals surface area contributed by atoms with Gasteiger partial charge in [-0.05, 0) is 56.3 Å². The third-order valence-corrected chi connectivity index (χ3v) is 6.51. The first kappa shape index (κ1) is 27.1. The molecule has 0 bridgehead atoms. The predicted octanol–water partition coefficient (Wildman–Crippen LogP) is 4.13. The number of hydrogen-bond donors (Lipinski definition) is 1. The first-order valence-electron chi connectivity index (χ1n) is 11.9. The fourth-order valence-electron chi connectivity index (χ4n) is 4.60. The number of rotatable bonds is 9. The predicted molar refractivity (Wildman–Crippen MR) is 139 cm³/mol. The number of aliphatic hydroxyl groups is 1. The molecule has 1 fully saturated rings. The van der Waals surface area contributed by atoms with Crippen molar-refractivity contribution in [3.05, 3.63) is 58.2 Å². The molecule has 1 aliphatic heterocycles. The molecule has 1 unspecified atom stereocenters. The van der Waals surface area contributed by atoms with Crippen LogP contribution in [0.5, 0.6) is 17.2 Å². The summed E-state index contributed by atoms with van der Waals surface area (Å²) >= 11 is 0. The van der Waals surface area contributed by atoms with Crippen molar-refractivity contribution in [1.29, 1.82) is 0 Å². The number of Topliss-reactive ketones (excluding diaryl/α,β-unsaturated/α-hetero) is 1. The fourth-order valence-corrected chi connectivity index (χ4v) is 4.60. The van der Waals surface area contributed by atoms with Gasteiger partial charge in [0.2, 0.25) is 0 Å². The van der Waals surface area contributed by atoms with Crippen molar-refractivity contribution in [1.82, 2.24) is 9.80 Å². The number of likely N-dealkylation sites (N-methyl/N-ethyl adjacent to an activating group) is 1. The van der Waals surface area contributed by atoms with Crippen LogP contribution in [0.3, 0.4) is 0 Å². The molecule has 0 radical (unpaired) electrons. The van der Waals surface area contributed by atoms with Crippen LogP contribution in [0.25, 0.3) is 5.76 Å². The van der Waals surface area contributed by atoms with Gasteiger partial charge in [-0.3, -0.25) is 9.59 Å². The number of carbonyl (C=O) groups excluding carboxylic acids is 2. The standard InChI is InChI=1S/C28H36N2O6/c1-16(2)19-15-20(17(3)14-22(19)35-7)25(31)23-24(18-10-9-11-21(34-6)27(18)36-8)30(13-12-29(4)5)28(33)26(23)32/h9-11,14-16,24,31H,12-13H2,1-8H3/b25-23+. The summed E-state index contributed by atoms with van der Waals surface area (Å²) in [6.45, 7) is 6.72. The van der Waals surface area contributed by atoms with Crippen molar-refractivity contribution < 1.29 is 28.9 Å². The number of ether oxygens (including phenoxy) is 3. The van der Waals surface area contributed by atoms with Crippen molar-refractivity contribution >= 4 is 17.4 Å². The van der Waals surface area contributed by atoms with Crippen LogP contribution >= 0.6 is 0 Å². The van der Waals surface area contributed by atoms with E-state index >= 15 is 0 Å². The number of para-hydroxylation sites is 1. The molecule has 36 heavy (non-hydrogen) atoms. The van der Waals surface area contributed by atoms with E-state index in [4.69, 9.17) is 14.2 Å². The van der Waals surface area contributed by atoms with E-state index in [1.54, 1.807) is 25.3 Å².